The monoisotopic (exact) mass is 571 g/mol. The predicted molar refractivity (Wildman–Crippen MR) is 128 cm³/mol. The topological polar surface area (TPSA) is 46.2 Å². The summed E-state index contributed by atoms with van der Waals surface area (Å²) >= 11 is 17.6. The molecule has 0 radical (unpaired) electrons. The zero-order valence-electron chi connectivity index (χ0n) is 18.2. The Hall–Kier alpha value is -2.49. The van der Waals surface area contributed by atoms with Crippen molar-refractivity contribution in [2.75, 3.05) is 6.54 Å². The number of carbonyl (C=O) groups is 2. The van der Waals surface area contributed by atoms with Crippen molar-refractivity contribution in [2.45, 2.75) is 31.1 Å². The van der Waals surface area contributed by atoms with Gasteiger partial charge in [-0.2, -0.15) is 26.3 Å². The number of hydrogen-bond acceptors (Lipinski definition) is 2. The van der Waals surface area contributed by atoms with Crippen molar-refractivity contribution in [3.8, 4) is 0 Å². The lowest BCUT2D eigenvalue weighted by atomic mass is 9.95. The number of carbonyl (C=O) groups excluding carboxylic acids is 2. The first-order chi connectivity index (χ1) is 16.6. The molecular weight excluding hydrogens is 555 g/mol. The highest BCUT2D eigenvalue weighted by atomic mass is 35.5. The fourth-order valence-corrected chi connectivity index (χ4v) is 3.74. The van der Waals surface area contributed by atoms with Crippen LogP contribution in [-0.2, 0) is 4.79 Å². The van der Waals surface area contributed by atoms with Gasteiger partial charge in [0, 0.05) is 18.4 Å². The molecule has 36 heavy (non-hydrogen) atoms. The Morgan fingerprint density at radius 3 is 2.11 bits per heavy atom. The number of ketones is 1. The molecule has 2 rings (SSSR count). The molecule has 0 aromatic heterocycles. The molecule has 3 nitrogen and oxygen atoms in total. The zero-order valence-corrected chi connectivity index (χ0v) is 20.5. The number of rotatable bonds is 9. The van der Waals surface area contributed by atoms with E-state index in [1.807, 2.05) is 0 Å². The van der Waals surface area contributed by atoms with Gasteiger partial charge in [0.05, 0.1) is 21.0 Å². The molecule has 0 spiro atoms. The lowest BCUT2D eigenvalue weighted by molar-refractivity contribution is -0.139. The minimum atomic E-state index is -4.68. The van der Waals surface area contributed by atoms with E-state index in [9.17, 15) is 35.9 Å². The normalized spacial score (nSPS) is 13.0. The third-order valence-corrected chi connectivity index (χ3v) is 6.06. The van der Waals surface area contributed by atoms with Gasteiger partial charge in [0.15, 0.2) is 5.78 Å². The first-order valence-electron chi connectivity index (χ1n) is 10.1. The van der Waals surface area contributed by atoms with Crippen LogP contribution in [0.25, 0.3) is 12.2 Å². The SMILES string of the molecule is C=Cc1cc(/C=C/C(c2cc(Cl)c(Cl)c(Cl)c2)C(F)(F)F)ccc1C(=O)CCC(=O)NCC(F)(F)F. The van der Waals surface area contributed by atoms with Crippen LogP contribution in [0.15, 0.2) is 43.0 Å². The predicted octanol–water partition coefficient (Wildman–Crippen LogP) is 8.29. The van der Waals surface area contributed by atoms with E-state index >= 15 is 0 Å². The molecule has 0 fully saturated rings. The first kappa shape index (κ1) is 29.7. The maximum Gasteiger partial charge on any atom is 0.405 e. The third kappa shape index (κ3) is 8.57. The van der Waals surface area contributed by atoms with Gasteiger partial charge in [-0.3, -0.25) is 9.59 Å². The molecule has 1 amide bonds. The van der Waals surface area contributed by atoms with E-state index in [0.717, 1.165) is 18.2 Å². The summed E-state index contributed by atoms with van der Waals surface area (Å²) in [5.74, 6) is -3.55. The lowest BCUT2D eigenvalue weighted by Gasteiger charge is -2.18. The standard InChI is InChI=1S/C24H18Cl3F6NO2/c1-2-14-9-13(3-5-16(14)20(35)7-8-21(36)34-12-23(28,29)30)4-6-17(24(31,32)33)15-10-18(25)22(27)19(26)11-15/h2-6,9-11,17H,1,7-8,12H2,(H,34,36)/b6-4+. The molecule has 0 bridgehead atoms. The summed E-state index contributed by atoms with van der Waals surface area (Å²) in [7, 11) is 0. The number of halogens is 9. The maximum atomic E-state index is 13.7. The Kier molecular flexibility index (Phi) is 10.0. The van der Waals surface area contributed by atoms with E-state index in [4.69, 9.17) is 34.8 Å². The van der Waals surface area contributed by atoms with E-state index in [1.165, 1.54) is 30.4 Å². The van der Waals surface area contributed by atoms with Gasteiger partial charge in [-0.1, -0.05) is 71.7 Å². The Morgan fingerprint density at radius 1 is 0.972 bits per heavy atom. The largest absolute Gasteiger partial charge is 0.405 e. The number of allylic oxidation sites excluding steroid dienone is 1. The average molecular weight is 573 g/mol. The molecular formula is C24H18Cl3F6NO2. The van der Waals surface area contributed by atoms with Gasteiger partial charge in [-0.15, -0.1) is 0 Å². The summed E-state index contributed by atoms with van der Waals surface area (Å²) in [5.41, 5.74) is 0.482. The van der Waals surface area contributed by atoms with Crippen LogP contribution in [0.5, 0.6) is 0 Å². The number of Topliss-reactive ketones (excluding diaryl/α,β-unsaturated/α-hetero) is 1. The number of benzene rings is 2. The zero-order chi connectivity index (χ0) is 27.3. The van der Waals surface area contributed by atoms with Gasteiger partial charge in [-0.05, 0) is 34.9 Å². The van der Waals surface area contributed by atoms with E-state index in [0.29, 0.717) is 5.56 Å². The average Bonchev–Trinajstić information content (AvgIpc) is 2.78. The molecule has 0 aliphatic carbocycles. The van der Waals surface area contributed by atoms with Gasteiger partial charge in [0.1, 0.15) is 6.54 Å². The quantitative estimate of drug-likeness (QED) is 0.187. The highest BCUT2D eigenvalue weighted by Gasteiger charge is 2.39. The number of hydrogen-bond donors (Lipinski definition) is 1. The maximum absolute atomic E-state index is 13.7. The van der Waals surface area contributed by atoms with Crippen LogP contribution in [0.4, 0.5) is 26.3 Å². The van der Waals surface area contributed by atoms with Gasteiger partial charge in [-0.25, -0.2) is 0 Å². The summed E-state index contributed by atoms with van der Waals surface area (Å²) in [4.78, 5) is 24.0. The fraction of sp³-hybridized carbons (Fsp3) is 0.250. The summed E-state index contributed by atoms with van der Waals surface area (Å²) < 4.78 is 77.7. The van der Waals surface area contributed by atoms with Crippen molar-refractivity contribution in [3.05, 3.63) is 80.3 Å². The molecule has 2 aromatic rings. The number of alkyl halides is 6. The van der Waals surface area contributed by atoms with Gasteiger partial charge in [0.2, 0.25) is 5.91 Å². The molecule has 1 N–H and O–H groups in total. The van der Waals surface area contributed by atoms with Crippen molar-refractivity contribution < 1.29 is 35.9 Å². The molecule has 12 heteroatoms. The molecule has 194 valence electrons. The molecule has 2 aromatic carbocycles. The van der Waals surface area contributed by atoms with Crippen LogP contribution in [0, 0.1) is 0 Å². The van der Waals surface area contributed by atoms with Gasteiger partial charge in [0.25, 0.3) is 0 Å². The Balaban J connectivity index is 2.21. The van der Waals surface area contributed by atoms with Crippen LogP contribution >= 0.6 is 34.8 Å². The number of amides is 1. The summed E-state index contributed by atoms with van der Waals surface area (Å²) in [5, 5.41) is 1.33. The molecule has 0 saturated heterocycles. The van der Waals surface area contributed by atoms with E-state index < -0.39 is 42.9 Å². The van der Waals surface area contributed by atoms with Crippen molar-refractivity contribution in [1.29, 1.82) is 0 Å². The minimum Gasteiger partial charge on any atom is -0.347 e. The molecule has 1 atom stereocenters. The Bertz CT molecular complexity index is 1150. The van der Waals surface area contributed by atoms with E-state index in [2.05, 4.69) is 6.58 Å². The Labute approximate surface area is 217 Å². The Morgan fingerprint density at radius 2 is 1.58 bits per heavy atom. The second-order valence-corrected chi connectivity index (χ2v) is 8.74. The molecule has 0 heterocycles. The van der Waals surface area contributed by atoms with E-state index in [1.54, 1.807) is 5.32 Å². The van der Waals surface area contributed by atoms with Crippen LogP contribution in [0.2, 0.25) is 15.1 Å². The lowest BCUT2D eigenvalue weighted by Crippen LogP contribution is -2.33. The van der Waals surface area contributed by atoms with Gasteiger partial charge >= 0.3 is 12.4 Å². The van der Waals surface area contributed by atoms with E-state index in [-0.39, 0.29) is 38.2 Å². The summed E-state index contributed by atoms with van der Waals surface area (Å²) in [6, 6.07) is 6.27. The van der Waals surface area contributed by atoms with Crippen molar-refractivity contribution in [3.63, 3.8) is 0 Å². The summed E-state index contributed by atoms with van der Waals surface area (Å²) in [6.45, 7) is 2.07. The molecule has 1 unspecified atom stereocenters. The van der Waals surface area contributed by atoms with Gasteiger partial charge < -0.3 is 5.32 Å². The third-order valence-electron chi connectivity index (χ3n) is 4.86. The van der Waals surface area contributed by atoms with Crippen LogP contribution in [-0.4, -0.2) is 30.6 Å². The second kappa shape index (κ2) is 12.2. The molecule has 0 aliphatic rings. The van der Waals surface area contributed by atoms with Crippen LogP contribution in [0.3, 0.4) is 0 Å². The van der Waals surface area contributed by atoms with Crippen LogP contribution < -0.4 is 5.32 Å². The number of nitrogens with one attached hydrogen (secondary N) is 1. The second-order valence-electron chi connectivity index (χ2n) is 7.54. The first-order valence-corrected chi connectivity index (χ1v) is 11.3. The smallest absolute Gasteiger partial charge is 0.347 e. The van der Waals surface area contributed by atoms with Crippen molar-refractivity contribution in [2.24, 2.45) is 0 Å². The highest BCUT2D eigenvalue weighted by molar-refractivity contribution is 6.48. The van der Waals surface area contributed by atoms with Crippen molar-refractivity contribution in [1.82, 2.24) is 5.32 Å². The van der Waals surface area contributed by atoms with Crippen LogP contribution in [0.1, 0.15) is 45.8 Å². The summed E-state index contributed by atoms with van der Waals surface area (Å²) in [6.07, 6.45) is -6.70. The minimum absolute atomic E-state index is 0.0688. The molecule has 0 aliphatic heterocycles. The highest BCUT2D eigenvalue weighted by Crippen LogP contribution is 2.41. The molecule has 0 saturated carbocycles. The fourth-order valence-electron chi connectivity index (χ4n) is 3.13. The van der Waals surface area contributed by atoms with Crippen molar-refractivity contribution >= 4 is 58.6 Å².